The van der Waals surface area contributed by atoms with Crippen molar-refractivity contribution in [1.29, 1.82) is 0 Å². The van der Waals surface area contributed by atoms with E-state index in [1.54, 1.807) is 40.3 Å². The minimum atomic E-state index is -0.196. The Kier molecular flexibility index (Phi) is 4.17. The second kappa shape index (κ2) is 6.14. The summed E-state index contributed by atoms with van der Waals surface area (Å²) in [4.78, 5) is 37.7. The van der Waals surface area contributed by atoms with Crippen LogP contribution >= 0.6 is 0 Å². The van der Waals surface area contributed by atoms with Crippen LogP contribution in [0.2, 0.25) is 0 Å². The highest BCUT2D eigenvalue weighted by molar-refractivity contribution is 5.95. The van der Waals surface area contributed by atoms with Gasteiger partial charge in [0.05, 0.1) is 17.0 Å². The van der Waals surface area contributed by atoms with Crippen molar-refractivity contribution in [1.82, 2.24) is 14.0 Å². The molecule has 7 heteroatoms. The van der Waals surface area contributed by atoms with E-state index in [4.69, 9.17) is 0 Å². The summed E-state index contributed by atoms with van der Waals surface area (Å²) in [5.41, 5.74) is 2.15. The lowest BCUT2D eigenvalue weighted by Gasteiger charge is -2.31. The summed E-state index contributed by atoms with van der Waals surface area (Å²) in [6.07, 6.45) is 1.62. The van der Waals surface area contributed by atoms with E-state index >= 15 is 0 Å². The molecule has 0 bridgehead atoms. The van der Waals surface area contributed by atoms with Crippen LogP contribution in [-0.2, 0) is 23.7 Å². The number of anilines is 1. The average Bonchev–Trinajstić information content (AvgIpc) is 2.79. The van der Waals surface area contributed by atoms with Crippen molar-refractivity contribution in [2.75, 3.05) is 18.4 Å². The zero-order valence-electron chi connectivity index (χ0n) is 14.2. The predicted octanol–water partition coefficient (Wildman–Crippen LogP) is 1.07. The van der Waals surface area contributed by atoms with Gasteiger partial charge in [0.2, 0.25) is 11.8 Å². The normalized spacial score (nSPS) is 18.0. The minimum Gasteiger partial charge on any atom is -0.342 e. The van der Waals surface area contributed by atoms with Crippen molar-refractivity contribution in [3.63, 3.8) is 0 Å². The number of fused-ring (bicyclic) bond motifs is 1. The lowest BCUT2D eigenvalue weighted by atomic mass is 9.97. The Morgan fingerprint density at radius 1 is 1.17 bits per heavy atom. The second-order valence-corrected chi connectivity index (χ2v) is 6.40. The molecular formula is C17H22N4O3. The first kappa shape index (κ1) is 16.3. The van der Waals surface area contributed by atoms with Crippen molar-refractivity contribution in [2.45, 2.75) is 19.8 Å². The first-order valence-corrected chi connectivity index (χ1v) is 8.10. The zero-order chi connectivity index (χ0) is 17.4. The van der Waals surface area contributed by atoms with Gasteiger partial charge in [0.25, 0.3) is 0 Å². The number of hydrogen-bond donors (Lipinski definition) is 1. The number of benzene rings is 1. The van der Waals surface area contributed by atoms with Gasteiger partial charge in [-0.3, -0.25) is 18.7 Å². The van der Waals surface area contributed by atoms with E-state index < -0.39 is 0 Å². The molecule has 0 saturated carbocycles. The first-order valence-electron chi connectivity index (χ1n) is 8.10. The van der Waals surface area contributed by atoms with E-state index in [-0.39, 0.29) is 23.4 Å². The summed E-state index contributed by atoms with van der Waals surface area (Å²) in [5, 5.41) is 2.92. The molecule has 3 rings (SSSR count). The fourth-order valence-corrected chi connectivity index (χ4v) is 3.31. The van der Waals surface area contributed by atoms with Gasteiger partial charge in [0.15, 0.2) is 0 Å². The van der Waals surface area contributed by atoms with Gasteiger partial charge in [0.1, 0.15) is 0 Å². The highest BCUT2D eigenvalue weighted by Gasteiger charge is 2.27. The van der Waals surface area contributed by atoms with Gasteiger partial charge in [-0.15, -0.1) is 0 Å². The molecule has 128 valence electrons. The molecule has 1 aromatic heterocycles. The Bertz CT molecular complexity index is 865. The maximum absolute atomic E-state index is 12.5. The van der Waals surface area contributed by atoms with Gasteiger partial charge < -0.3 is 10.2 Å². The van der Waals surface area contributed by atoms with E-state index in [2.05, 4.69) is 5.32 Å². The molecule has 1 N–H and O–H groups in total. The van der Waals surface area contributed by atoms with Crippen molar-refractivity contribution in [3.8, 4) is 0 Å². The van der Waals surface area contributed by atoms with Crippen molar-refractivity contribution in [3.05, 3.63) is 28.7 Å². The molecule has 1 saturated heterocycles. The van der Waals surface area contributed by atoms with E-state index in [0.29, 0.717) is 12.2 Å². The Morgan fingerprint density at radius 2 is 1.88 bits per heavy atom. The SMILES string of the molecule is CC(=O)N1CCCC(C(=O)Nc2ccc3c(c2)n(C)c(=O)n3C)C1. The summed E-state index contributed by atoms with van der Waals surface area (Å²) in [6, 6.07) is 5.43. The molecule has 24 heavy (non-hydrogen) atoms. The molecule has 2 aromatic rings. The number of piperidine rings is 1. The number of likely N-dealkylation sites (tertiary alicyclic amines) is 1. The van der Waals surface area contributed by atoms with Gasteiger partial charge in [-0.1, -0.05) is 0 Å². The van der Waals surface area contributed by atoms with E-state index in [9.17, 15) is 14.4 Å². The van der Waals surface area contributed by atoms with Crippen LogP contribution in [0.3, 0.4) is 0 Å². The molecule has 0 radical (unpaired) electrons. The topological polar surface area (TPSA) is 76.3 Å². The van der Waals surface area contributed by atoms with E-state index in [1.165, 1.54) is 6.92 Å². The number of aromatic nitrogens is 2. The van der Waals surface area contributed by atoms with E-state index in [1.807, 2.05) is 6.07 Å². The van der Waals surface area contributed by atoms with Crippen LogP contribution in [0.4, 0.5) is 5.69 Å². The Morgan fingerprint density at radius 3 is 2.58 bits per heavy atom. The van der Waals surface area contributed by atoms with Crippen LogP contribution in [0.25, 0.3) is 11.0 Å². The number of rotatable bonds is 2. The third kappa shape index (κ3) is 2.81. The maximum atomic E-state index is 12.5. The second-order valence-electron chi connectivity index (χ2n) is 6.40. The summed E-state index contributed by atoms with van der Waals surface area (Å²) >= 11 is 0. The fourth-order valence-electron chi connectivity index (χ4n) is 3.31. The molecule has 1 fully saturated rings. The molecule has 1 unspecified atom stereocenters. The molecule has 1 aliphatic heterocycles. The quantitative estimate of drug-likeness (QED) is 0.895. The number of imidazole rings is 1. The Balaban J connectivity index is 1.79. The van der Waals surface area contributed by atoms with Gasteiger partial charge in [-0.05, 0) is 31.0 Å². The molecule has 1 aromatic carbocycles. The summed E-state index contributed by atoms with van der Waals surface area (Å²) in [7, 11) is 3.43. The standard InChI is InChI=1S/C17H22N4O3/c1-11(22)21-8-4-5-12(10-21)16(23)18-13-6-7-14-15(9-13)20(3)17(24)19(14)2/h6-7,9,12H,4-5,8,10H2,1-3H3,(H,18,23). The number of nitrogens with one attached hydrogen (secondary N) is 1. The molecule has 1 aliphatic rings. The number of hydrogen-bond acceptors (Lipinski definition) is 3. The van der Waals surface area contributed by atoms with Gasteiger partial charge in [0, 0.05) is 39.8 Å². The summed E-state index contributed by atoms with van der Waals surface area (Å²) in [5.74, 6) is -0.271. The molecular weight excluding hydrogens is 308 g/mol. The fraction of sp³-hybridized carbons (Fsp3) is 0.471. The molecule has 0 spiro atoms. The number of carbonyl (C=O) groups excluding carboxylic acids is 2. The van der Waals surface area contributed by atoms with Crippen LogP contribution in [0.15, 0.2) is 23.0 Å². The van der Waals surface area contributed by atoms with Crippen molar-refractivity contribution >= 4 is 28.5 Å². The van der Waals surface area contributed by atoms with Crippen LogP contribution in [0, 0.1) is 5.92 Å². The largest absolute Gasteiger partial charge is 0.342 e. The van der Waals surface area contributed by atoms with E-state index in [0.717, 1.165) is 30.4 Å². The number of aryl methyl sites for hydroxylation is 2. The van der Waals surface area contributed by atoms with Crippen LogP contribution in [0.1, 0.15) is 19.8 Å². The number of nitrogens with zero attached hydrogens (tertiary/aromatic N) is 3. The Hall–Kier alpha value is -2.57. The monoisotopic (exact) mass is 330 g/mol. The predicted molar refractivity (Wildman–Crippen MR) is 91.8 cm³/mol. The highest BCUT2D eigenvalue weighted by atomic mass is 16.2. The molecule has 7 nitrogen and oxygen atoms in total. The molecule has 0 aliphatic carbocycles. The van der Waals surface area contributed by atoms with Gasteiger partial charge >= 0.3 is 5.69 Å². The van der Waals surface area contributed by atoms with Crippen LogP contribution in [-0.4, -0.2) is 38.9 Å². The number of amides is 2. The lowest BCUT2D eigenvalue weighted by Crippen LogP contribution is -2.42. The molecule has 2 heterocycles. The molecule has 2 amide bonds. The van der Waals surface area contributed by atoms with Crippen molar-refractivity contribution in [2.24, 2.45) is 20.0 Å². The van der Waals surface area contributed by atoms with Crippen LogP contribution in [0.5, 0.6) is 0 Å². The third-order valence-corrected chi connectivity index (χ3v) is 4.78. The minimum absolute atomic E-state index is 0.00760. The smallest absolute Gasteiger partial charge is 0.328 e. The number of carbonyl (C=O) groups is 2. The first-order chi connectivity index (χ1) is 11.4. The Labute approximate surface area is 139 Å². The third-order valence-electron chi connectivity index (χ3n) is 4.78. The summed E-state index contributed by atoms with van der Waals surface area (Å²) in [6.45, 7) is 2.72. The van der Waals surface area contributed by atoms with Gasteiger partial charge in [-0.25, -0.2) is 4.79 Å². The lowest BCUT2D eigenvalue weighted by molar-refractivity contribution is -0.132. The molecule has 1 atom stereocenters. The average molecular weight is 330 g/mol. The van der Waals surface area contributed by atoms with Gasteiger partial charge in [-0.2, -0.15) is 0 Å². The highest BCUT2D eigenvalue weighted by Crippen LogP contribution is 2.21. The summed E-state index contributed by atoms with van der Waals surface area (Å²) < 4.78 is 3.13. The maximum Gasteiger partial charge on any atom is 0.328 e. The van der Waals surface area contributed by atoms with Crippen molar-refractivity contribution < 1.29 is 9.59 Å². The van der Waals surface area contributed by atoms with Crippen LogP contribution < -0.4 is 11.0 Å². The zero-order valence-corrected chi connectivity index (χ0v) is 14.2.